The Morgan fingerprint density at radius 2 is 2.15 bits per heavy atom. The fourth-order valence-corrected chi connectivity index (χ4v) is 3.46. The van der Waals surface area contributed by atoms with E-state index in [-0.39, 0.29) is 6.03 Å². The zero-order valence-corrected chi connectivity index (χ0v) is 17.9. The summed E-state index contributed by atoms with van der Waals surface area (Å²) in [5.41, 5.74) is 0. The van der Waals surface area contributed by atoms with Crippen LogP contribution in [0.3, 0.4) is 0 Å². The summed E-state index contributed by atoms with van der Waals surface area (Å²) in [6.07, 6.45) is 4.57. The largest absolute Gasteiger partial charge is 0.464 e. The van der Waals surface area contributed by atoms with E-state index in [1.807, 2.05) is 37.0 Å². The van der Waals surface area contributed by atoms with Gasteiger partial charge in [0.15, 0.2) is 0 Å². The van der Waals surface area contributed by atoms with Gasteiger partial charge >= 0.3 is 6.03 Å². The predicted octanol–water partition coefficient (Wildman–Crippen LogP) is 2.89. The molecule has 0 aliphatic rings. The molecule has 0 aliphatic heterocycles. The quantitative estimate of drug-likeness (QED) is 0.440. The number of carbonyl (C=O) groups is 1. The van der Waals surface area contributed by atoms with Gasteiger partial charge in [0.05, 0.1) is 18.8 Å². The fraction of sp³-hybridized carbons (Fsp3) is 0.556. The second-order valence-electron chi connectivity index (χ2n) is 6.40. The highest BCUT2D eigenvalue weighted by atomic mass is 32.2. The summed E-state index contributed by atoms with van der Waals surface area (Å²) in [4.78, 5) is 18.4. The Kier molecular flexibility index (Phi) is 9.09. The van der Waals surface area contributed by atoms with Crippen molar-refractivity contribution in [3.05, 3.63) is 41.9 Å². The zero-order valence-electron chi connectivity index (χ0n) is 16.2. The first-order valence-corrected chi connectivity index (χ1v) is 10.6. The van der Waals surface area contributed by atoms with Crippen LogP contribution in [0, 0.1) is 0 Å². The average molecular weight is 412 g/mol. The first kappa shape index (κ1) is 21.7. The summed E-state index contributed by atoms with van der Waals surface area (Å²) in [6, 6.07) is 3.85. The summed E-state index contributed by atoms with van der Waals surface area (Å²) >= 11 is 6.00. The number of aromatic nitrogens is 2. The highest BCUT2D eigenvalue weighted by Gasteiger charge is 2.10. The standard InChI is InChI=1S/C18H29N5O2S2/c1-4-17-19-7-9-22(17)10-11-23(26)18(24)20-8-12-27-14-16-6-5-15(25-16)13-21(2)3/h5-7,9,26H,4,8,10-14H2,1-3H3,(H,20,24). The summed E-state index contributed by atoms with van der Waals surface area (Å²) in [7, 11) is 4.03. The first-order chi connectivity index (χ1) is 13.0. The van der Waals surface area contributed by atoms with E-state index >= 15 is 0 Å². The molecule has 0 aromatic carbocycles. The third kappa shape index (κ3) is 7.51. The number of furan rings is 1. The van der Waals surface area contributed by atoms with Gasteiger partial charge < -0.3 is 19.2 Å². The van der Waals surface area contributed by atoms with Crippen LogP contribution < -0.4 is 5.32 Å². The minimum atomic E-state index is -0.177. The SMILES string of the molecule is CCc1nccn1CCN(S)C(=O)NCCSCc1ccc(CN(C)C)o1. The van der Waals surface area contributed by atoms with Crippen molar-refractivity contribution >= 4 is 30.6 Å². The lowest BCUT2D eigenvalue weighted by molar-refractivity contribution is 0.226. The molecule has 27 heavy (non-hydrogen) atoms. The molecule has 9 heteroatoms. The van der Waals surface area contributed by atoms with Gasteiger partial charge in [0.25, 0.3) is 0 Å². The van der Waals surface area contributed by atoms with E-state index in [0.29, 0.717) is 19.6 Å². The van der Waals surface area contributed by atoms with E-state index in [1.54, 1.807) is 18.0 Å². The van der Waals surface area contributed by atoms with Gasteiger partial charge in [-0.1, -0.05) is 19.7 Å². The number of nitrogens with one attached hydrogen (secondary N) is 1. The molecule has 2 heterocycles. The molecule has 0 fully saturated rings. The zero-order chi connectivity index (χ0) is 19.6. The molecule has 1 N–H and O–H groups in total. The van der Waals surface area contributed by atoms with E-state index in [2.05, 4.69) is 34.9 Å². The van der Waals surface area contributed by atoms with Crippen LogP contribution in [-0.4, -0.2) is 57.7 Å². The molecule has 7 nitrogen and oxygen atoms in total. The van der Waals surface area contributed by atoms with Gasteiger partial charge in [0.2, 0.25) is 0 Å². The molecule has 0 bridgehead atoms. The van der Waals surface area contributed by atoms with Crippen LogP contribution in [-0.2, 0) is 25.3 Å². The van der Waals surface area contributed by atoms with Crippen molar-refractivity contribution in [2.45, 2.75) is 32.2 Å². The fourth-order valence-electron chi connectivity index (χ4n) is 2.55. The number of amides is 2. The van der Waals surface area contributed by atoms with Gasteiger partial charge in [-0.05, 0) is 26.2 Å². The molecular weight excluding hydrogens is 382 g/mol. The summed E-state index contributed by atoms with van der Waals surface area (Å²) in [6.45, 7) is 4.66. The smallest absolute Gasteiger partial charge is 0.327 e. The topological polar surface area (TPSA) is 66.5 Å². The molecule has 0 saturated heterocycles. The maximum absolute atomic E-state index is 12.1. The Labute approximate surface area is 171 Å². The van der Waals surface area contributed by atoms with E-state index in [9.17, 15) is 4.79 Å². The molecule has 0 radical (unpaired) electrons. The number of carbonyl (C=O) groups excluding carboxylic acids is 1. The van der Waals surface area contributed by atoms with Crippen LogP contribution in [0.2, 0.25) is 0 Å². The Bertz CT molecular complexity index is 701. The molecule has 0 unspecified atom stereocenters. The number of aryl methyl sites for hydroxylation is 1. The molecule has 2 aromatic heterocycles. The molecule has 2 amide bonds. The number of rotatable bonds is 11. The Hall–Kier alpha value is -1.58. The lowest BCUT2D eigenvalue weighted by Crippen LogP contribution is -2.37. The summed E-state index contributed by atoms with van der Waals surface area (Å²) in [5, 5.41) is 2.89. The molecule has 2 rings (SSSR count). The lowest BCUT2D eigenvalue weighted by Gasteiger charge is -2.17. The predicted molar refractivity (Wildman–Crippen MR) is 113 cm³/mol. The second-order valence-corrected chi connectivity index (χ2v) is 7.99. The van der Waals surface area contributed by atoms with Crippen molar-refractivity contribution < 1.29 is 9.21 Å². The van der Waals surface area contributed by atoms with E-state index in [4.69, 9.17) is 4.42 Å². The van der Waals surface area contributed by atoms with E-state index in [1.165, 1.54) is 4.31 Å². The maximum atomic E-state index is 12.1. The summed E-state index contributed by atoms with van der Waals surface area (Å²) < 4.78 is 9.22. The Balaban J connectivity index is 1.59. The molecular formula is C18H29N5O2S2. The van der Waals surface area contributed by atoms with E-state index in [0.717, 1.165) is 41.8 Å². The lowest BCUT2D eigenvalue weighted by atomic mass is 10.4. The van der Waals surface area contributed by atoms with Crippen LogP contribution in [0.15, 0.2) is 28.9 Å². The molecule has 0 spiro atoms. The minimum absolute atomic E-state index is 0.177. The van der Waals surface area contributed by atoms with Crippen molar-refractivity contribution in [2.75, 3.05) is 32.9 Å². The van der Waals surface area contributed by atoms with Crippen molar-refractivity contribution in [1.29, 1.82) is 0 Å². The molecule has 150 valence electrons. The third-order valence-corrected chi connectivity index (χ3v) is 5.22. The Morgan fingerprint density at radius 3 is 2.89 bits per heavy atom. The van der Waals surface area contributed by atoms with Gasteiger partial charge in [-0.3, -0.25) is 4.31 Å². The molecule has 0 saturated carbocycles. The normalized spacial score (nSPS) is 11.1. The molecule has 0 atom stereocenters. The monoisotopic (exact) mass is 411 g/mol. The van der Waals surface area contributed by atoms with Crippen molar-refractivity contribution in [2.24, 2.45) is 0 Å². The highest BCUT2D eigenvalue weighted by molar-refractivity contribution is 7.98. The highest BCUT2D eigenvalue weighted by Crippen LogP contribution is 2.16. The summed E-state index contributed by atoms with van der Waals surface area (Å²) in [5.74, 6) is 4.57. The van der Waals surface area contributed by atoms with E-state index < -0.39 is 0 Å². The minimum Gasteiger partial charge on any atom is -0.464 e. The van der Waals surface area contributed by atoms with Gasteiger partial charge in [-0.15, -0.1) is 0 Å². The van der Waals surface area contributed by atoms with Gasteiger partial charge in [-0.25, -0.2) is 9.78 Å². The maximum Gasteiger partial charge on any atom is 0.327 e. The van der Waals surface area contributed by atoms with Crippen molar-refractivity contribution in [3.8, 4) is 0 Å². The van der Waals surface area contributed by atoms with Gasteiger partial charge in [0.1, 0.15) is 17.3 Å². The molecule has 2 aromatic rings. The number of hydrogen-bond donors (Lipinski definition) is 2. The number of imidazole rings is 1. The average Bonchev–Trinajstić information content (AvgIpc) is 3.27. The van der Waals surface area contributed by atoms with Crippen molar-refractivity contribution in [3.63, 3.8) is 0 Å². The van der Waals surface area contributed by atoms with Crippen molar-refractivity contribution in [1.82, 2.24) is 24.1 Å². The number of urea groups is 1. The third-order valence-electron chi connectivity index (χ3n) is 3.86. The Morgan fingerprint density at radius 1 is 1.37 bits per heavy atom. The van der Waals surface area contributed by atoms with Crippen LogP contribution in [0.1, 0.15) is 24.3 Å². The van der Waals surface area contributed by atoms with Crippen LogP contribution >= 0.6 is 24.6 Å². The number of thiol groups is 1. The molecule has 0 aliphatic carbocycles. The number of nitrogens with zero attached hydrogens (tertiary/aromatic N) is 4. The van der Waals surface area contributed by atoms with Crippen LogP contribution in [0.25, 0.3) is 0 Å². The number of thioether (sulfide) groups is 1. The number of hydrogen-bond acceptors (Lipinski definition) is 6. The second kappa shape index (κ2) is 11.3. The van der Waals surface area contributed by atoms with Crippen LogP contribution in [0.5, 0.6) is 0 Å². The van der Waals surface area contributed by atoms with Gasteiger partial charge in [-0.2, -0.15) is 11.8 Å². The van der Waals surface area contributed by atoms with Gasteiger partial charge in [0, 0.05) is 37.7 Å². The van der Waals surface area contributed by atoms with Crippen LogP contribution in [0.4, 0.5) is 4.79 Å². The first-order valence-electron chi connectivity index (χ1n) is 9.04.